The van der Waals surface area contributed by atoms with E-state index in [2.05, 4.69) is 0 Å². The summed E-state index contributed by atoms with van der Waals surface area (Å²) in [5.74, 6) is -0.405. The smallest absolute Gasteiger partial charge is 0.265 e. The Hall–Kier alpha value is 0.110. The zero-order valence-electron chi connectivity index (χ0n) is 3.44. The van der Waals surface area contributed by atoms with Gasteiger partial charge < -0.3 is 5.11 Å². The van der Waals surface area contributed by atoms with Crippen LogP contribution in [0.25, 0.3) is 0 Å². The van der Waals surface area contributed by atoms with Gasteiger partial charge in [0.05, 0.1) is 5.88 Å². The summed E-state index contributed by atoms with van der Waals surface area (Å²) >= 11 is 4.82. The molecule has 0 saturated heterocycles. The summed E-state index contributed by atoms with van der Waals surface area (Å²) in [4.78, 5) is 0. The van der Waals surface area contributed by atoms with Gasteiger partial charge in [-0.25, -0.2) is 8.78 Å². The molecule has 0 aliphatic heterocycles. The lowest BCUT2D eigenvalue weighted by atomic mass is 10.4. The lowest BCUT2D eigenvalue weighted by molar-refractivity contribution is 0.00930. The highest BCUT2D eigenvalue weighted by Crippen LogP contribution is 2.00. The summed E-state index contributed by atoms with van der Waals surface area (Å²) in [7, 11) is 0. The molecule has 0 bridgehead atoms. The molecule has 1 nitrogen and oxygen atoms in total. The summed E-state index contributed by atoms with van der Waals surface area (Å²) in [6.07, 6.45) is -4.38. The minimum absolute atomic E-state index is 0.405. The van der Waals surface area contributed by atoms with Crippen LogP contribution < -0.4 is 0 Å². The fourth-order valence-corrected chi connectivity index (χ4v) is 0.202. The van der Waals surface area contributed by atoms with Gasteiger partial charge in [0, 0.05) is 0 Å². The van der Waals surface area contributed by atoms with Crippen molar-refractivity contribution in [3.05, 3.63) is 0 Å². The fraction of sp³-hybridized carbons (Fsp3) is 1.00. The molecule has 44 valence electrons. The molecule has 0 rings (SSSR count). The van der Waals surface area contributed by atoms with Gasteiger partial charge in [0.25, 0.3) is 6.43 Å². The normalized spacial score (nSPS) is 15.0. The number of hydrogen-bond donors (Lipinski definition) is 1. The molecule has 0 saturated carbocycles. The Bertz CT molecular complexity index is 50.2. The van der Waals surface area contributed by atoms with Gasteiger partial charge in [-0.2, -0.15) is 0 Å². The van der Waals surface area contributed by atoms with Crippen LogP contribution in [-0.2, 0) is 0 Å². The van der Waals surface area contributed by atoms with Crippen LogP contribution in [0.2, 0.25) is 0 Å². The van der Waals surface area contributed by atoms with Gasteiger partial charge in [-0.05, 0) is 0 Å². The van der Waals surface area contributed by atoms with Crippen molar-refractivity contribution in [3.8, 4) is 0 Å². The molecule has 1 N–H and O–H groups in total. The average Bonchev–Trinajstić information content (AvgIpc) is 1.65. The van der Waals surface area contributed by atoms with Crippen molar-refractivity contribution in [3.63, 3.8) is 0 Å². The Kier molecular flexibility index (Phi) is 3.21. The Morgan fingerprint density at radius 3 is 2.00 bits per heavy atom. The number of aliphatic hydroxyl groups is 1. The number of rotatable bonds is 2. The molecule has 7 heavy (non-hydrogen) atoms. The van der Waals surface area contributed by atoms with E-state index in [9.17, 15) is 8.78 Å². The minimum atomic E-state index is -2.71. The Balaban J connectivity index is 3.14. The zero-order valence-corrected chi connectivity index (χ0v) is 4.20. The topological polar surface area (TPSA) is 20.2 Å². The van der Waals surface area contributed by atoms with Crippen LogP contribution in [0.5, 0.6) is 0 Å². The molecule has 0 spiro atoms. The predicted molar refractivity (Wildman–Crippen MR) is 22.7 cm³/mol. The summed E-state index contributed by atoms with van der Waals surface area (Å²) in [6, 6.07) is 0. The molecule has 0 aromatic carbocycles. The molecule has 0 heterocycles. The first-order chi connectivity index (χ1) is 3.18. The van der Waals surface area contributed by atoms with Crippen LogP contribution in [0.15, 0.2) is 0 Å². The lowest BCUT2D eigenvalue weighted by Gasteiger charge is -2.01. The van der Waals surface area contributed by atoms with Crippen LogP contribution in [0.4, 0.5) is 8.78 Å². The van der Waals surface area contributed by atoms with E-state index < -0.39 is 18.4 Å². The standard InChI is InChI=1S/C3H5ClF2O/c4-1-2(7)3(5)6/h2-3,7H,1H2. The van der Waals surface area contributed by atoms with E-state index in [1.165, 1.54) is 0 Å². The average molecular weight is 131 g/mol. The van der Waals surface area contributed by atoms with Crippen molar-refractivity contribution < 1.29 is 13.9 Å². The van der Waals surface area contributed by atoms with Crippen LogP contribution in [0.1, 0.15) is 0 Å². The monoisotopic (exact) mass is 130 g/mol. The number of alkyl halides is 3. The van der Waals surface area contributed by atoms with E-state index in [-0.39, 0.29) is 0 Å². The third-order valence-electron chi connectivity index (χ3n) is 0.449. The Morgan fingerprint density at radius 1 is 1.57 bits per heavy atom. The highest BCUT2D eigenvalue weighted by molar-refractivity contribution is 6.18. The van der Waals surface area contributed by atoms with Crippen molar-refractivity contribution >= 4 is 11.6 Å². The number of hydrogen-bond acceptors (Lipinski definition) is 1. The van der Waals surface area contributed by atoms with Gasteiger partial charge in [0.2, 0.25) is 0 Å². The highest BCUT2D eigenvalue weighted by Gasteiger charge is 2.13. The van der Waals surface area contributed by atoms with Gasteiger partial charge >= 0.3 is 0 Å². The number of aliphatic hydroxyl groups excluding tert-OH is 1. The second-order valence-electron chi connectivity index (χ2n) is 1.06. The SMILES string of the molecule is OC(CCl)C(F)F. The molecular formula is C3H5ClF2O. The maximum absolute atomic E-state index is 11.1. The predicted octanol–water partition coefficient (Wildman–Crippen LogP) is 0.851. The molecule has 0 radical (unpaired) electrons. The molecule has 1 atom stereocenters. The summed E-state index contributed by atoms with van der Waals surface area (Å²) in [5, 5.41) is 8.05. The molecule has 0 aromatic heterocycles. The molecule has 0 aliphatic carbocycles. The fourth-order valence-electron chi connectivity index (χ4n) is 0.0673. The first kappa shape index (κ1) is 7.11. The molecule has 1 unspecified atom stereocenters. The van der Waals surface area contributed by atoms with Crippen LogP contribution in [0.3, 0.4) is 0 Å². The molecule has 0 fully saturated rings. The largest absolute Gasteiger partial charge is 0.386 e. The van der Waals surface area contributed by atoms with Gasteiger partial charge in [0.1, 0.15) is 6.10 Å². The van der Waals surface area contributed by atoms with Crippen molar-refractivity contribution in [2.24, 2.45) is 0 Å². The third-order valence-corrected chi connectivity index (χ3v) is 0.765. The highest BCUT2D eigenvalue weighted by atomic mass is 35.5. The van der Waals surface area contributed by atoms with Crippen LogP contribution in [0, 0.1) is 0 Å². The number of halogens is 3. The van der Waals surface area contributed by atoms with Crippen molar-refractivity contribution in [2.75, 3.05) is 5.88 Å². The molecule has 0 aromatic rings. The first-order valence-electron chi connectivity index (χ1n) is 1.70. The second-order valence-corrected chi connectivity index (χ2v) is 1.36. The van der Waals surface area contributed by atoms with Crippen molar-refractivity contribution in [1.29, 1.82) is 0 Å². The van der Waals surface area contributed by atoms with Gasteiger partial charge in [-0.1, -0.05) is 0 Å². The third kappa shape index (κ3) is 2.76. The lowest BCUT2D eigenvalue weighted by Crippen LogP contribution is -2.18. The molecule has 4 heteroatoms. The van der Waals surface area contributed by atoms with E-state index in [4.69, 9.17) is 16.7 Å². The van der Waals surface area contributed by atoms with Gasteiger partial charge in [-0.3, -0.25) is 0 Å². The molecular weight excluding hydrogens is 125 g/mol. The maximum Gasteiger partial charge on any atom is 0.265 e. The van der Waals surface area contributed by atoms with E-state index in [0.717, 1.165) is 0 Å². The summed E-state index contributed by atoms with van der Waals surface area (Å²) in [6.45, 7) is 0. The van der Waals surface area contributed by atoms with Crippen molar-refractivity contribution in [2.45, 2.75) is 12.5 Å². The summed E-state index contributed by atoms with van der Waals surface area (Å²) in [5.41, 5.74) is 0. The van der Waals surface area contributed by atoms with Crippen LogP contribution in [-0.4, -0.2) is 23.5 Å². The minimum Gasteiger partial charge on any atom is -0.386 e. The quantitative estimate of drug-likeness (QED) is 0.550. The van der Waals surface area contributed by atoms with Gasteiger partial charge in [0.15, 0.2) is 0 Å². The summed E-state index contributed by atoms with van der Waals surface area (Å²) < 4.78 is 22.2. The van der Waals surface area contributed by atoms with E-state index in [1.807, 2.05) is 0 Å². The zero-order chi connectivity index (χ0) is 5.86. The Labute approximate surface area is 44.9 Å². The van der Waals surface area contributed by atoms with Crippen LogP contribution >= 0.6 is 11.6 Å². The van der Waals surface area contributed by atoms with E-state index in [1.54, 1.807) is 0 Å². The van der Waals surface area contributed by atoms with E-state index >= 15 is 0 Å². The first-order valence-corrected chi connectivity index (χ1v) is 2.24. The molecule has 0 aliphatic rings. The second kappa shape index (κ2) is 3.16. The molecule has 0 amide bonds. The Morgan fingerprint density at radius 2 is 2.00 bits per heavy atom. The van der Waals surface area contributed by atoms with E-state index in [0.29, 0.717) is 0 Å². The van der Waals surface area contributed by atoms with Crippen molar-refractivity contribution in [1.82, 2.24) is 0 Å². The maximum atomic E-state index is 11.1. The van der Waals surface area contributed by atoms with Gasteiger partial charge in [-0.15, -0.1) is 11.6 Å².